The molecule has 0 bridgehead atoms. The average molecular weight is 363 g/mol. The number of halogens is 1. The molecule has 0 saturated carbocycles. The Morgan fingerprint density at radius 3 is 2.45 bits per heavy atom. The van der Waals surface area contributed by atoms with Crippen molar-refractivity contribution in [2.45, 2.75) is 6.17 Å². The number of para-hydroxylation sites is 1. The zero-order valence-electron chi connectivity index (χ0n) is 12.1. The predicted octanol–water partition coefficient (Wildman–Crippen LogP) is 3.32. The first kappa shape index (κ1) is 14.7. The van der Waals surface area contributed by atoms with Crippen LogP contribution in [-0.4, -0.2) is 20.1 Å². The molecular formula is C16H15BrN2O3. The van der Waals surface area contributed by atoms with Crippen LogP contribution in [0.25, 0.3) is 0 Å². The zero-order chi connectivity index (χ0) is 15.7. The first-order valence-corrected chi connectivity index (χ1v) is 7.51. The number of methoxy groups -OCH3 is 2. The van der Waals surface area contributed by atoms with Gasteiger partial charge in [-0.15, -0.1) is 0 Å². The van der Waals surface area contributed by atoms with Gasteiger partial charge in [-0.2, -0.15) is 0 Å². The van der Waals surface area contributed by atoms with Gasteiger partial charge in [0.15, 0.2) is 11.5 Å². The summed E-state index contributed by atoms with van der Waals surface area (Å²) in [6.45, 7) is 0. The quantitative estimate of drug-likeness (QED) is 0.879. The van der Waals surface area contributed by atoms with Crippen molar-refractivity contribution < 1.29 is 14.3 Å². The number of benzene rings is 2. The van der Waals surface area contributed by atoms with E-state index in [0.29, 0.717) is 17.1 Å². The summed E-state index contributed by atoms with van der Waals surface area (Å²) in [5.74, 6) is 1.12. The molecule has 2 N–H and O–H groups in total. The van der Waals surface area contributed by atoms with Crippen LogP contribution in [0.5, 0.6) is 11.5 Å². The predicted molar refractivity (Wildman–Crippen MR) is 87.5 cm³/mol. The Morgan fingerprint density at radius 1 is 1.05 bits per heavy atom. The number of hydrogen-bond donors (Lipinski definition) is 2. The maximum absolute atomic E-state index is 12.2. The van der Waals surface area contributed by atoms with Crippen molar-refractivity contribution in [1.82, 2.24) is 5.32 Å². The smallest absolute Gasteiger partial charge is 0.255 e. The van der Waals surface area contributed by atoms with E-state index >= 15 is 0 Å². The van der Waals surface area contributed by atoms with E-state index in [2.05, 4.69) is 26.6 Å². The molecule has 22 heavy (non-hydrogen) atoms. The average Bonchev–Trinajstić information content (AvgIpc) is 2.54. The summed E-state index contributed by atoms with van der Waals surface area (Å²) >= 11 is 3.52. The lowest BCUT2D eigenvalue weighted by Gasteiger charge is -2.29. The highest BCUT2D eigenvalue weighted by atomic mass is 79.9. The molecule has 0 aliphatic carbocycles. The number of ether oxygens (including phenoxy) is 2. The molecule has 5 nitrogen and oxygen atoms in total. The molecular weight excluding hydrogens is 348 g/mol. The Balaban J connectivity index is 2.01. The highest BCUT2D eigenvalue weighted by molar-refractivity contribution is 9.10. The van der Waals surface area contributed by atoms with Crippen LogP contribution in [0.2, 0.25) is 0 Å². The second-order valence-corrected chi connectivity index (χ2v) is 5.68. The Labute approximate surface area is 136 Å². The lowest BCUT2D eigenvalue weighted by molar-refractivity contribution is 0.0935. The molecule has 1 atom stereocenters. The normalized spacial score (nSPS) is 16.3. The van der Waals surface area contributed by atoms with E-state index < -0.39 is 0 Å². The lowest BCUT2D eigenvalue weighted by Crippen LogP contribution is -2.38. The van der Waals surface area contributed by atoms with Gasteiger partial charge in [-0.3, -0.25) is 4.79 Å². The van der Waals surface area contributed by atoms with Gasteiger partial charge in [0.05, 0.1) is 19.8 Å². The van der Waals surface area contributed by atoms with Crippen molar-refractivity contribution in [1.29, 1.82) is 0 Å². The zero-order valence-corrected chi connectivity index (χ0v) is 13.7. The molecule has 1 heterocycles. The third-order valence-corrected chi connectivity index (χ3v) is 4.25. The summed E-state index contributed by atoms with van der Waals surface area (Å²) in [6.07, 6.45) is -0.350. The van der Waals surface area contributed by atoms with E-state index in [0.717, 1.165) is 15.7 Å². The molecule has 1 aliphatic rings. The molecule has 114 valence electrons. The van der Waals surface area contributed by atoms with Gasteiger partial charge in [-0.25, -0.2) is 0 Å². The van der Waals surface area contributed by atoms with Gasteiger partial charge in [0.1, 0.15) is 6.17 Å². The third-order valence-electron chi connectivity index (χ3n) is 3.56. The fourth-order valence-electron chi connectivity index (χ4n) is 2.45. The van der Waals surface area contributed by atoms with Gasteiger partial charge in [-0.05, 0) is 24.3 Å². The largest absolute Gasteiger partial charge is 0.493 e. The maximum Gasteiger partial charge on any atom is 0.255 e. The number of carbonyl (C=O) groups excluding carboxylic acids is 1. The summed E-state index contributed by atoms with van der Waals surface area (Å²) in [4.78, 5) is 12.2. The second kappa shape index (κ2) is 5.88. The minimum atomic E-state index is -0.350. The molecule has 0 spiro atoms. The highest BCUT2D eigenvalue weighted by Crippen LogP contribution is 2.37. The molecule has 0 aromatic heterocycles. The van der Waals surface area contributed by atoms with Crippen LogP contribution in [0.15, 0.2) is 40.9 Å². The molecule has 1 aliphatic heterocycles. The number of hydrogen-bond acceptors (Lipinski definition) is 4. The van der Waals surface area contributed by atoms with Gasteiger partial charge >= 0.3 is 0 Å². The van der Waals surface area contributed by atoms with E-state index in [1.165, 1.54) is 0 Å². The van der Waals surface area contributed by atoms with E-state index in [1.807, 2.05) is 30.3 Å². The van der Waals surface area contributed by atoms with Gasteiger partial charge in [0, 0.05) is 15.7 Å². The van der Waals surface area contributed by atoms with E-state index in [-0.39, 0.29) is 12.1 Å². The van der Waals surface area contributed by atoms with Crippen LogP contribution < -0.4 is 20.1 Å². The van der Waals surface area contributed by atoms with Crippen LogP contribution in [0, 0.1) is 0 Å². The third kappa shape index (κ3) is 2.50. The van der Waals surface area contributed by atoms with E-state index in [9.17, 15) is 4.79 Å². The summed E-state index contributed by atoms with van der Waals surface area (Å²) < 4.78 is 11.4. The minimum absolute atomic E-state index is 0.110. The molecule has 2 aromatic carbocycles. The Morgan fingerprint density at radius 2 is 1.73 bits per heavy atom. The van der Waals surface area contributed by atoms with Crippen LogP contribution in [0.1, 0.15) is 22.1 Å². The van der Waals surface area contributed by atoms with Crippen molar-refractivity contribution in [3.05, 3.63) is 52.0 Å². The van der Waals surface area contributed by atoms with Crippen LogP contribution >= 0.6 is 15.9 Å². The lowest BCUT2D eigenvalue weighted by atomic mass is 10.1. The van der Waals surface area contributed by atoms with Crippen LogP contribution in [-0.2, 0) is 0 Å². The topological polar surface area (TPSA) is 59.6 Å². The summed E-state index contributed by atoms with van der Waals surface area (Å²) in [6, 6.07) is 11.1. The molecule has 6 heteroatoms. The number of nitrogens with one attached hydrogen (secondary N) is 2. The number of anilines is 1. The number of rotatable bonds is 3. The standard InChI is InChI=1S/C16H15BrN2O3/c1-21-13-7-10(11(17)8-14(13)22-2)15-18-12-6-4-3-5-9(12)16(20)19-15/h3-8,15,18H,1-2H3,(H,19,20)/t15-/m1/s1. The van der Waals surface area contributed by atoms with Crippen LogP contribution in [0.3, 0.4) is 0 Å². The monoisotopic (exact) mass is 362 g/mol. The molecule has 0 saturated heterocycles. The summed E-state index contributed by atoms with van der Waals surface area (Å²) in [5.41, 5.74) is 2.30. The Hall–Kier alpha value is -2.21. The fourth-order valence-corrected chi connectivity index (χ4v) is 3.01. The molecule has 0 fully saturated rings. The molecule has 3 rings (SSSR count). The van der Waals surface area contributed by atoms with E-state index in [4.69, 9.17) is 9.47 Å². The van der Waals surface area contributed by atoms with Crippen LogP contribution in [0.4, 0.5) is 5.69 Å². The fraction of sp³-hybridized carbons (Fsp3) is 0.188. The van der Waals surface area contributed by atoms with Crippen molar-refractivity contribution >= 4 is 27.5 Å². The second-order valence-electron chi connectivity index (χ2n) is 4.83. The van der Waals surface area contributed by atoms with Crippen molar-refractivity contribution in [3.8, 4) is 11.5 Å². The molecule has 0 unspecified atom stereocenters. The molecule has 0 radical (unpaired) electrons. The summed E-state index contributed by atoms with van der Waals surface area (Å²) in [5, 5.41) is 6.26. The van der Waals surface area contributed by atoms with E-state index in [1.54, 1.807) is 20.3 Å². The van der Waals surface area contributed by atoms with Crippen molar-refractivity contribution in [2.75, 3.05) is 19.5 Å². The molecule has 2 aromatic rings. The highest BCUT2D eigenvalue weighted by Gasteiger charge is 2.26. The minimum Gasteiger partial charge on any atom is -0.493 e. The first-order chi connectivity index (χ1) is 10.6. The maximum atomic E-state index is 12.2. The number of fused-ring (bicyclic) bond motifs is 1. The van der Waals surface area contributed by atoms with Crippen molar-refractivity contribution in [2.24, 2.45) is 0 Å². The molecule has 1 amide bonds. The SMILES string of the molecule is COc1cc(Br)c([C@H]2NC(=O)c3ccccc3N2)cc1OC. The first-order valence-electron chi connectivity index (χ1n) is 6.72. The van der Waals surface area contributed by atoms with Crippen molar-refractivity contribution in [3.63, 3.8) is 0 Å². The van der Waals surface area contributed by atoms with Gasteiger partial charge in [-0.1, -0.05) is 28.1 Å². The number of carbonyl (C=O) groups is 1. The van der Waals surface area contributed by atoms with Gasteiger partial charge < -0.3 is 20.1 Å². The van der Waals surface area contributed by atoms with Gasteiger partial charge in [0.25, 0.3) is 5.91 Å². The Bertz CT molecular complexity index is 733. The Kier molecular flexibility index (Phi) is 3.94. The van der Waals surface area contributed by atoms with Gasteiger partial charge in [0.2, 0.25) is 0 Å². The number of amides is 1. The summed E-state index contributed by atoms with van der Waals surface area (Å²) in [7, 11) is 3.17.